The maximum absolute atomic E-state index is 13.0. The van der Waals surface area contributed by atoms with Gasteiger partial charge in [0.15, 0.2) is 11.5 Å². The van der Waals surface area contributed by atoms with Crippen LogP contribution in [0.2, 0.25) is 0 Å². The number of nitrogens with zero attached hydrogens (tertiary/aromatic N) is 1. The molecule has 1 aliphatic heterocycles. The molecule has 1 aromatic rings. The summed E-state index contributed by atoms with van der Waals surface area (Å²) in [7, 11) is -0.549. The molecule has 0 N–H and O–H groups in total. The number of benzene rings is 1. The van der Waals surface area contributed by atoms with Crippen molar-refractivity contribution >= 4 is 10.0 Å². The van der Waals surface area contributed by atoms with Crippen molar-refractivity contribution in [2.24, 2.45) is 5.92 Å². The Hall–Kier alpha value is -1.31. The molecule has 1 fully saturated rings. The van der Waals surface area contributed by atoms with E-state index in [1.807, 2.05) is 6.92 Å². The Morgan fingerprint density at radius 3 is 2.57 bits per heavy atom. The highest BCUT2D eigenvalue weighted by molar-refractivity contribution is 7.89. The van der Waals surface area contributed by atoms with Crippen LogP contribution in [0.1, 0.15) is 19.8 Å². The van der Waals surface area contributed by atoms with Gasteiger partial charge in [-0.25, -0.2) is 8.42 Å². The largest absolute Gasteiger partial charge is 0.493 e. The van der Waals surface area contributed by atoms with Crippen molar-refractivity contribution in [1.82, 2.24) is 4.31 Å². The molecule has 0 spiro atoms. The molecule has 1 aromatic carbocycles. The third kappa shape index (κ3) is 4.16. The zero-order valence-corrected chi connectivity index (χ0v) is 14.8. The van der Waals surface area contributed by atoms with Crippen LogP contribution in [-0.2, 0) is 14.8 Å². The summed E-state index contributed by atoms with van der Waals surface area (Å²) >= 11 is 0. The number of hydrogen-bond acceptors (Lipinski definition) is 5. The summed E-state index contributed by atoms with van der Waals surface area (Å²) in [5, 5.41) is 0. The molecule has 0 bridgehead atoms. The van der Waals surface area contributed by atoms with Crippen LogP contribution in [-0.4, -0.2) is 53.2 Å². The molecular weight excluding hydrogens is 318 g/mol. The van der Waals surface area contributed by atoms with Gasteiger partial charge in [0.2, 0.25) is 10.0 Å². The van der Waals surface area contributed by atoms with E-state index in [1.54, 1.807) is 16.4 Å². The predicted molar refractivity (Wildman–Crippen MR) is 87.5 cm³/mol. The second-order valence-corrected chi connectivity index (χ2v) is 7.55. The molecule has 1 aliphatic rings. The Balaban J connectivity index is 2.28. The molecule has 0 radical (unpaired) electrons. The lowest BCUT2D eigenvalue weighted by Crippen LogP contribution is -2.36. The SMILES string of the molecule is CCCN(CC1CCOC1)S(=O)(=O)c1ccc(OC)c(OC)c1. The molecule has 130 valence electrons. The predicted octanol–water partition coefficient (Wildman–Crippen LogP) is 2.14. The second kappa shape index (κ2) is 7.99. The molecule has 6 nitrogen and oxygen atoms in total. The van der Waals surface area contributed by atoms with E-state index in [0.29, 0.717) is 37.8 Å². The van der Waals surface area contributed by atoms with E-state index in [1.165, 1.54) is 20.3 Å². The zero-order chi connectivity index (χ0) is 16.9. The summed E-state index contributed by atoms with van der Waals surface area (Å²) in [6, 6.07) is 4.70. The first-order chi connectivity index (χ1) is 11.0. The van der Waals surface area contributed by atoms with E-state index in [9.17, 15) is 8.42 Å². The van der Waals surface area contributed by atoms with Gasteiger partial charge in [0, 0.05) is 25.8 Å². The molecule has 1 atom stereocenters. The minimum Gasteiger partial charge on any atom is -0.493 e. The van der Waals surface area contributed by atoms with Crippen LogP contribution in [0.25, 0.3) is 0 Å². The Morgan fingerprint density at radius 2 is 2.00 bits per heavy atom. The van der Waals surface area contributed by atoms with Gasteiger partial charge < -0.3 is 14.2 Å². The molecule has 23 heavy (non-hydrogen) atoms. The Labute approximate surface area is 138 Å². The minimum atomic E-state index is -3.57. The molecular formula is C16H25NO5S. The van der Waals surface area contributed by atoms with Crippen molar-refractivity contribution in [3.63, 3.8) is 0 Å². The van der Waals surface area contributed by atoms with Gasteiger partial charge >= 0.3 is 0 Å². The third-order valence-electron chi connectivity index (χ3n) is 3.95. The highest BCUT2D eigenvalue weighted by Crippen LogP contribution is 2.31. The molecule has 7 heteroatoms. The summed E-state index contributed by atoms with van der Waals surface area (Å²) < 4.78 is 43.2. The summed E-state index contributed by atoms with van der Waals surface area (Å²) in [5.74, 6) is 1.18. The van der Waals surface area contributed by atoms with Crippen LogP contribution in [0.15, 0.2) is 23.1 Å². The summed E-state index contributed by atoms with van der Waals surface area (Å²) in [4.78, 5) is 0.225. The minimum absolute atomic E-state index is 0.225. The number of methoxy groups -OCH3 is 2. The topological polar surface area (TPSA) is 65.1 Å². The Morgan fingerprint density at radius 1 is 1.26 bits per heavy atom. The highest BCUT2D eigenvalue weighted by Gasteiger charge is 2.29. The number of sulfonamides is 1. The van der Waals surface area contributed by atoms with Gasteiger partial charge in [-0.1, -0.05) is 6.92 Å². The van der Waals surface area contributed by atoms with Crippen LogP contribution in [0.3, 0.4) is 0 Å². The van der Waals surface area contributed by atoms with Crippen molar-refractivity contribution in [3.8, 4) is 11.5 Å². The molecule has 2 rings (SSSR count). The smallest absolute Gasteiger partial charge is 0.243 e. The molecule has 0 aromatic heterocycles. The van der Waals surface area contributed by atoms with Gasteiger partial charge in [-0.3, -0.25) is 0 Å². The monoisotopic (exact) mass is 343 g/mol. The Bertz CT molecular complexity index is 611. The summed E-state index contributed by atoms with van der Waals surface area (Å²) in [6.45, 7) is 4.29. The fraction of sp³-hybridized carbons (Fsp3) is 0.625. The average Bonchev–Trinajstić information content (AvgIpc) is 3.06. The van der Waals surface area contributed by atoms with E-state index < -0.39 is 10.0 Å². The fourth-order valence-corrected chi connectivity index (χ4v) is 4.32. The van der Waals surface area contributed by atoms with E-state index in [4.69, 9.17) is 14.2 Å². The second-order valence-electron chi connectivity index (χ2n) is 5.61. The van der Waals surface area contributed by atoms with E-state index in [-0.39, 0.29) is 10.8 Å². The van der Waals surface area contributed by atoms with Gasteiger partial charge in [0.1, 0.15) is 0 Å². The van der Waals surface area contributed by atoms with Gasteiger partial charge in [-0.05, 0) is 30.9 Å². The quantitative estimate of drug-likeness (QED) is 0.723. The Kier molecular flexibility index (Phi) is 6.26. The van der Waals surface area contributed by atoms with Crippen LogP contribution >= 0.6 is 0 Å². The molecule has 0 amide bonds. The lowest BCUT2D eigenvalue weighted by molar-refractivity contribution is 0.180. The standard InChI is InChI=1S/C16H25NO5S/c1-4-8-17(11-13-7-9-22-12-13)23(18,19)14-5-6-15(20-2)16(10-14)21-3/h5-6,10,13H,4,7-9,11-12H2,1-3H3. The van der Waals surface area contributed by atoms with Crippen LogP contribution < -0.4 is 9.47 Å². The van der Waals surface area contributed by atoms with Crippen molar-refractivity contribution in [2.75, 3.05) is 40.5 Å². The maximum Gasteiger partial charge on any atom is 0.243 e. The normalized spacial score (nSPS) is 18.3. The van der Waals surface area contributed by atoms with Crippen molar-refractivity contribution in [2.45, 2.75) is 24.7 Å². The lowest BCUT2D eigenvalue weighted by atomic mass is 10.1. The van der Waals surface area contributed by atoms with Gasteiger partial charge in [-0.15, -0.1) is 0 Å². The first-order valence-corrected chi connectivity index (χ1v) is 9.26. The molecule has 1 unspecified atom stereocenters. The third-order valence-corrected chi connectivity index (χ3v) is 5.81. The maximum atomic E-state index is 13.0. The highest BCUT2D eigenvalue weighted by atomic mass is 32.2. The zero-order valence-electron chi connectivity index (χ0n) is 13.9. The molecule has 0 aliphatic carbocycles. The van der Waals surface area contributed by atoms with Crippen molar-refractivity contribution in [1.29, 1.82) is 0 Å². The number of rotatable bonds is 8. The molecule has 0 saturated carbocycles. The number of hydrogen-bond donors (Lipinski definition) is 0. The van der Waals surface area contributed by atoms with E-state index >= 15 is 0 Å². The fourth-order valence-electron chi connectivity index (χ4n) is 2.70. The van der Waals surface area contributed by atoms with Crippen molar-refractivity contribution in [3.05, 3.63) is 18.2 Å². The van der Waals surface area contributed by atoms with Crippen LogP contribution in [0, 0.1) is 5.92 Å². The molecule has 1 heterocycles. The van der Waals surface area contributed by atoms with Gasteiger partial charge in [-0.2, -0.15) is 4.31 Å². The molecule has 1 saturated heterocycles. The number of ether oxygens (including phenoxy) is 3. The first kappa shape index (κ1) is 18.0. The first-order valence-electron chi connectivity index (χ1n) is 7.82. The van der Waals surface area contributed by atoms with Crippen LogP contribution in [0.4, 0.5) is 0 Å². The van der Waals surface area contributed by atoms with E-state index in [0.717, 1.165) is 12.8 Å². The lowest BCUT2D eigenvalue weighted by Gasteiger charge is -2.24. The summed E-state index contributed by atoms with van der Waals surface area (Å²) in [6.07, 6.45) is 1.67. The van der Waals surface area contributed by atoms with Crippen LogP contribution in [0.5, 0.6) is 11.5 Å². The average molecular weight is 343 g/mol. The van der Waals surface area contributed by atoms with Gasteiger partial charge in [0.05, 0.1) is 25.7 Å². The van der Waals surface area contributed by atoms with E-state index in [2.05, 4.69) is 0 Å². The summed E-state index contributed by atoms with van der Waals surface area (Å²) in [5.41, 5.74) is 0. The van der Waals surface area contributed by atoms with Crippen molar-refractivity contribution < 1.29 is 22.6 Å². The van der Waals surface area contributed by atoms with Gasteiger partial charge in [0.25, 0.3) is 0 Å².